The number of hydrogen-bond acceptors (Lipinski definition) is 6. The molecule has 1 heterocycles. The molecule has 1 N–H and O–H groups in total. The Morgan fingerprint density at radius 3 is 2.59 bits per heavy atom. The Balaban J connectivity index is 1.98. The second kappa shape index (κ2) is 9.38. The van der Waals surface area contributed by atoms with Crippen molar-refractivity contribution < 1.29 is 28.3 Å². The van der Waals surface area contributed by atoms with Crippen molar-refractivity contribution in [1.82, 2.24) is 0 Å². The van der Waals surface area contributed by atoms with Gasteiger partial charge in [-0.25, -0.2) is 4.79 Å². The minimum Gasteiger partial charge on any atom is -0.469 e. The molecule has 0 fully saturated rings. The number of rotatable bonds is 7. The van der Waals surface area contributed by atoms with Gasteiger partial charge in [-0.05, 0) is 42.8 Å². The summed E-state index contributed by atoms with van der Waals surface area (Å²) in [6.07, 6.45) is 3.50. The van der Waals surface area contributed by atoms with Crippen LogP contribution in [0.1, 0.15) is 33.9 Å². The number of amides is 1. The van der Waals surface area contributed by atoms with Crippen molar-refractivity contribution in [1.29, 1.82) is 0 Å². The maximum absolute atomic E-state index is 12.1. The summed E-state index contributed by atoms with van der Waals surface area (Å²) in [6.45, 7) is 1.82. The van der Waals surface area contributed by atoms with Gasteiger partial charge >= 0.3 is 11.9 Å². The summed E-state index contributed by atoms with van der Waals surface area (Å²) in [5.41, 5.74) is 1.68. The van der Waals surface area contributed by atoms with E-state index in [1.54, 1.807) is 30.3 Å². The van der Waals surface area contributed by atoms with Crippen molar-refractivity contribution in [3.05, 3.63) is 59.1 Å². The van der Waals surface area contributed by atoms with Crippen LogP contribution < -0.4 is 5.32 Å². The fourth-order valence-corrected chi connectivity index (χ4v) is 2.28. The van der Waals surface area contributed by atoms with E-state index in [9.17, 15) is 14.4 Å². The van der Waals surface area contributed by atoms with Crippen LogP contribution in [0.5, 0.6) is 0 Å². The lowest BCUT2D eigenvalue weighted by molar-refractivity contribution is -0.140. The predicted octanol–water partition coefficient (Wildman–Crippen LogP) is 3.13. The zero-order chi connectivity index (χ0) is 19.8. The van der Waals surface area contributed by atoms with Crippen molar-refractivity contribution >= 4 is 29.6 Å². The Morgan fingerprint density at radius 2 is 1.89 bits per heavy atom. The molecule has 0 atom stereocenters. The Labute approximate surface area is 157 Å². The molecule has 1 amide bonds. The van der Waals surface area contributed by atoms with E-state index < -0.39 is 5.97 Å². The molecule has 7 nitrogen and oxygen atoms in total. The van der Waals surface area contributed by atoms with Gasteiger partial charge in [0.15, 0.2) is 0 Å². The first-order valence-electron chi connectivity index (χ1n) is 8.26. The van der Waals surface area contributed by atoms with Gasteiger partial charge in [0, 0.05) is 18.2 Å². The summed E-state index contributed by atoms with van der Waals surface area (Å²) in [7, 11) is 2.63. The van der Waals surface area contributed by atoms with Gasteiger partial charge in [-0.3, -0.25) is 9.59 Å². The molecule has 142 valence electrons. The highest BCUT2D eigenvalue weighted by molar-refractivity contribution is 6.03. The third kappa shape index (κ3) is 5.85. The number of carbonyl (C=O) groups is 3. The van der Waals surface area contributed by atoms with Gasteiger partial charge in [-0.15, -0.1) is 0 Å². The molecule has 1 aromatic carbocycles. The fourth-order valence-electron chi connectivity index (χ4n) is 2.28. The first-order chi connectivity index (χ1) is 12.9. The number of ether oxygens (including phenoxy) is 2. The van der Waals surface area contributed by atoms with Crippen LogP contribution in [0, 0.1) is 6.92 Å². The van der Waals surface area contributed by atoms with Crippen molar-refractivity contribution in [2.45, 2.75) is 19.8 Å². The maximum atomic E-state index is 12.1. The monoisotopic (exact) mass is 371 g/mol. The van der Waals surface area contributed by atoms with E-state index in [4.69, 9.17) is 4.42 Å². The quantitative estimate of drug-likeness (QED) is 0.593. The highest BCUT2D eigenvalue weighted by atomic mass is 16.5. The maximum Gasteiger partial charge on any atom is 0.337 e. The SMILES string of the molecule is COC(=O)CCc1ccc(/C=C/C(=O)Nc2cc(C(=O)OC)ccc2C)o1. The van der Waals surface area contributed by atoms with Crippen LogP contribution in [-0.4, -0.2) is 32.1 Å². The minimum absolute atomic E-state index is 0.226. The van der Waals surface area contributed by atoms with E-state index in [0.717, 1.165) is 5.56 Å². The molecule has 0 radical (unpaired) electrons. The molecule has 1 aromatic heterocycles. The van der Waals surface area contributed by atoms with Crippen LogP contribution in [0.15, 0.2) is 40.8 Å². The van der Waals surface area contributed by atoms with Gasteiger partial charge in [-0.2, -0.15) is 0 Å². The number of esters is 2. The number of nitrogens with one attached hydrogen (secondary N) is 1. The summed E-state index contributed by atoms with van der Waals surface area (Å²) in [5, 5.41) is 2.72. The largest absolute Gasteiger partial charge is 0.469 e. The molecular weight excluding hydrogens is 350 g/mol. The molecule has 27 heavy (non-hydrogen) atoms. The number of anilines is 1. The van der Waals surface area contributed by atoms with Crippen molar-refractivity contribution in [2.24, 2.45) is 0 Å². The van der Waals surface area contributed by atoms with Crippen LogP contribution in [0.3, 0.4) is 0 Å². The summed E-state index contributed by atoms with van der Waals surface area (Å²) in [6, 6.07) is 8.37. The van der Waals surface area contributed by atoms with E-state index >= 15 is 0 Å². The zero-order valence-electron chi connectivity index (χ0n) is 15.4. The van der Waals surface area contributed by atoms with Crippen molar-refractivity contribution in [3.63, 3.8) is 0 Å². The van der Waals surface area contributed by atoms with Gasteiger partial charge in [0.05, 0.1) is 26.2 Å². The average molecular weight is 371 g/mol. The van der Waals surface area contributed by atoms with E-state index in [1.807, 2.05) is 6.92 Å². The van der Waals surface area contributed by atoms with Crippen LogP contribution in [0.4, 0.5) is 5.69 Å². The molecule has 2 rings (SSSR count). The van der Waals surface area contributed by atoms with Gasteiger partial charge in [-0.1, -0.05) is 6.07 Å². The summed E-state index contributed by atoms with van der Waals surface area (Å²) in [5.74, 6) is -0.0386. The van der Waals surface area contributed by atoms with E-state index in [2.05, 4.69) is 14.8 Å². The van der Waals surface area contributed by atoms with E-state index in [0.29, 0.717) is 29.2 Å². The Bertz CT molecular complexity index is 865. The number of methoxy groups -OCH3 is 2. The minimum atomic E-state index is -0.476. The molecule has 0 aliphatic carbocycles. The first kappa shape index (κ1) is 20.0. The third-order valence-corrected chi connectivity index (χ3v) is 3.80. The zero-order valence-corrected chi connectivity index (χ0v) is 15.4. The number of furan rings is 1. The second-order valence-corrected chi connectivity index (χ2v) is 5.72. The lowest BCUT2D eigenvalue weighted by atomic mass is 10.1. The fraction of sp³-hybridized carbons (Fsp3) is 0.250. The van der Waals surface area contributed by atoms with Gasteiger partial charge in [0.1, 0.15) is 11.5 Å². The highest BCUT2D eigenvalue weighted by Gasteiger charge is 2.10. The molecule has 0 saturated carbocycles. The molecule has 7 heteroatoms. The molecular formula is C20H21NO6. The number of aryl methyl sites for hydroxylation is 2. The molecule has 0 spiro atoms. The van der Waals surface area contributed by atoms with Gasteiger partial charge in [0.25, 0.3) is 0 Å². The van der Waals surface area contributed by atoms with Crippen molar-refractivity contribution in [3.8, 4) is 0 Å². The predicted molar refractivity (Wildman–Crippen MR) is 99.2 cm³/mol. The Hall–Kier alpha value is -3.35. The number of hydrogen-bond donors (Lipinski definition) is 1. The molecule has 0 aliphatic rings. The Kier molecular flexibility index (Phi) is 6.93. The molecule has 2 aromatic rings. The topological polar surface area (TPSA) is 94.8 Å². The normalized spacial score (nSPS) is 10.6. The third-order valence-electron chi connectivity index (χ3n) is 3.80. The first-order valence-corrected chi connectivity index (χ1v) is 8.26. The lowest BCUT2D eigenvalue weighted by Crippen LogP contribution is -2.10. The molecule has 0 saturated heterocycles. The van der Waals surface area contributed by atoms with Crippen molar-refractivity contribution in [2.75, 3.05) is 19.5 Å². The van der Waals surface area contributed by atoms with Crippen LogP contribution in [-0.2, 0) is 25.5 Å². The second-order valence-electron chi connectivity index (χ2n) is 5.72. The average Bonchev–Trinajstić information content (AvgIpc) is 3.13. The summed E-state index contributed by atoms with van der Waals surface area (Å²) >= 11 is 0. The van der Waals surface area contributed by atoms with E-state index in [1.165, 1.54) is 26.4 Å². The lowest BCUT2D eigenvalue weighted by Gasteiger charge is -2.08. The number of carbonyl (C=O) groups excluding carboxylic acids is 3. The van der Waals surface area contributed by atoms with Gasteiger partial charge < -0.3 is 19.2 Å². The Morgan fingerprint density at radius 1 is 1.11 bits per heavy atom. The standard InChI is InChI=1S/C20H21NO6/c1-13-4-5-14(20(24)26-3)12-17(13)21-18(22)10-8-15-6-7-16(27-15)9-11-19(23)25-2/h4-8,10,12H,9,11H2,1-3H3,(H,21,22)/b10-8+. The smallest absolute Gasteiger partial charge is 0.337 e. The molecule has 0 unspecified atom stereocenters. The van der Waals surface area contributed by atoms with Crippen LogP contribution >= 0.6 is 0 Å². The number of benzene rings is 1. The van der Waals surface area contributed by atoms with Gasteiger partial charge in [0.2, 0.25) is 5.91 Å². The van der Waals surface area contributed by atoms with E-state index in [-0.39, 0.29) is 18.3 Å². The molecule has 0 aliphatic heterocycles. The highest BCUT2D eigenvalue weighted by Crippen LogP contribution is 2.18. The summed E-state index contributed by atoms with van der Waals surface area (Å²) < 4.78 is 14.8. The molecule has 0 bridgehead atoms. The van der Waals surface area contributed by atoms with Crippen LogP contribution in [0.2, 0.25) is 0 Å². The summed E-state index contributed by atoms with van der Waals surface area (Å²) in [4.78, 5) is 34.9. The van der Waals surface area contributed by atoms with Crippen LogP contribution in [0.25, 0.3) is 6.08 Å².